The zero-order chi connectivity index (χ0) is 9.97. The second-order valence-electron chi connectivity index (χ2n) is 3.66. The molecule has 0 unspecified atom stereocenters. The van der Waals surface area contributed by atoms with E-state index < -0.39 is 0 Å². The summed E-state index contributed by atoms with van der Waals surface area (Å²) in [6, 6.07) is 12.6. The second-order valence-corrected chi connectivity index (χ2v) is 3.66. The maximum Gasteiger partial charge on any atom is 0.0396 e. The van der Waals surface area contributed by atoms with Crippen molar-refractivity contribution in [1.29, 1.82) is 0 Å². The van der Waals surface area contributed by atoms with Crippen LogP contribution in [-0.4, -0.2) is 0 Å². The number of anilines is 1. The lowest BCUT2D eigenvalue weighted by molar-refractivity contribution is 0.924. The van der Waals surface area contributed by atoms with Crippen molar-refractivity contribution in [3.63, 3.8) is 0 Å². The van der Waals surface area contributed by atoms with Crippen molar-refractivity contribution in [3.8, 4) is 0 Å². The molecule has 1 heteroatoms. The summed E-state index contributed by atoms with van der Waals surface area (Å²) in [6.07, 6.45) is 2.27. The van der Waals surface area contributed by atoms with Gasteiger partial charge in [-0.15, -0.1) is 0 Å². The molecule has 0 aliphatic rings. The first-order valence-corrected chi connectivity index (χ1v) is 5.08. The molecule has 1 nitrogen and oxygen atoms in total. The summed E-state index contributed by atoms with van der Waals surface area (Å²) < 4.78 is 0. The second kappa shape index (κ2) is 3.70. The van der Waals surface area contributed by atoms with Gasteiger partial charge in [-0.1, -0.05) is 43.7 Å². The molecule has 0 aliphatic heterocycles. The first kappa shape index (κ1) is 9.07. The van der Waals surface area contributed by atoms with Crippen molar-refractivity contribution in [2.75, 3.05) is 5.73 Å². The zero-order valence-corrected chi connectivity index (χ0v) is 8.46. The fourth-order valence-electron chi connectivity index (χ4n) is 1.84. The van der Waals surface area contributed by atoms with E-state index >= 15 is 0 Å². The van der Waals surface area contributed by atoms with Crippen molar-refractivity contribution in [2.45, 2.75) is 19.8 Å². The topological polar surface area (TPSA) is 26.0 Å². The Morgan fingerprint density at radius 1 is 1.14 bits per heavy atom. The Bertz CT molecular complexity index is 446. The van der Waals surface area contributed by atoms with Gasteiger partial charge in [0.1, 0.15) is 0 Å². The van der Waals surface area contributed by atoms with Crippen LogP contribution >= 0.6 is 0 Å². The minimum absolute atomic E-state index is 0.895. The molecular formula is C13H15N. The van der Waals surface area contributed by atoms with Gasteiger partial charge in [-0.25, -0.2) is 0 Å². The average Bonchev–Trinajstić information content (AvgIpc) is 2.18. The average molecular weight is 185 g/mol. The van der Waals surface area contributed by atoms with Gasteiger partial charge < -0.3 is 5.73 Å². The fourth-order valence-corrected chi connectivity index (χ4v) is 1.84. The Balaban J connectivity index is 2.60. The number of hydrogen-bond acceptors (Lipinski definition) is 1. The third-order valence-electron chi connectivity index (χ3n) is 2.49. The van der Waals surface area contributed by atoms with Gasteiger partial charge in [-0.05, 0) is 23.4 Å². The van der Waals surface area contributed by atoms with E-state index in [0.29, 0.717) is 0 Å². The molecular weight excluding hydrogens is 170 g/mol. The summed E-state index contributed by atoms with van der Waals surface area (Å²) in [6.45, 7) is 2.19. The van der Waals surface area contributed by atoms with Gasteiger partial charge in [0, 0.05) is 11.1 Å². The van der Waals surface area contributed by atoms with Crippen LogP contribution in [0.25, 0.3) is 10.8 Å². The highest BCUT2D eigenvalue weighted by atomic mass is 14.5. The van der Waals surface area contributed by atoms with Gasteiger partial charge in [0.15, 0.2) is 0 Å². The van der Waals surface area contributed by atoms with Crippen molar-refractivity contribution in [2.24, 2.45) is 0 Å². The highest BCUT2D eigenvalue weighted by Gasteiger charge is 1.99. The Kier molecular flexibility index (Phi) is 2.40. The van der Waals surface area contributed by atoms with Gasteiger partial charge in [-0.3, -0.25) is 0 Å². The van der Waals surface area contributed by atoms with Crippen LogP contribution in [-0.2, 0) is 6.42 Å². The highest BCUT2D eigenvalue weighted by molar-refractivity contribution is 5.93. The molecule has 2 rings (SSSR count). The van der Waals surface area contributed by atoms with Gasteiger partial charge >= 0.3 is 0 Å². The van der Waals surface area contributed by atoms with Crippen LogP contribution in [0.2, 0.25) is 0 Å². The van der Waals surface area contributed by atoms with Crippen LogP contribution < -0.4 is 5.73 Å². The quantitative estimate of drug-likeness (QED) is 0.713. The smallest absolute Gasteiger partial charge is 0.0396 e. The molecule has 72 valence electrons. The highest BCUT2D eigenvalue weighted by Crippen LogP contribution is 2.23. The first-order chi connectivity index (χ1) is 6.81. The molecule has 0 saturated carbocycles. The number of benzene rings is 2. The third kappa shape index (κ3) is 1.58. The molecule has 0 heterocycles. The molecule has 14 heavy (non-hydrogen) atoms. The number of nitrogen functional groups attached to an aromatic ring is 1. The molecule has 0 bridgehead atoms. The van der Waals surface area contributed by atoms with Crippen LogP contribution in [0.3, 0.4) is 0 Å². The van der Waals surface area contributed by atoms with E-state index in [1.165, 1.54) is 10.9 Å². The fraction of sp³-hybridized carbons (Fsp3) is 0.231. The molecule has 0 amide bonds. The minimum atomic E-state index is 0.895. The van der Waals surface area contributed by atoms with Gasteiger partial charge in [0.05, 0.1) is 0 Å². The Morgan fingerprint density at radius 3 is 2.71 bits per heavy atom. The molecule has 2 N–H and O–H groups in total. The predicted molar refractivity (Wildman–Crippen MR) is 62.4 cm³/mol. The van der Waals surface area contributed by atoms with Gasteiger partial charge in [0.2, 0.25) is 0 Å². The van der Waals surface area contributed by atoms with Crippen molar-refractivity contribution < 1.29 is 0 Å². The number of rotatable bonds is 2. The SMILES string of the molecule is CCCc1cc(N)c2ccccc2c1. The molecule has 0 spiro atoms. The predicted octanol–water partition coefficient (Wildman–Crippen LogP) is 3.37. The van der Waals surface area contributed by atoms with Crippen LogP contribution in [0.15, 0.2) is 36.4 Å². The molecule has 0 aromatic heterocycles. The monoisotopic (exact) mass is 185 g/mol. The zero-order valence-electron chi connectivity index (χ0n) is 8.46. The number of hydrogen-bond donors (Lipinski definition) is 1. The number of aryl methyl sites for hydroxylation is 1. The van der Waals surface area contributed by atoms with E-state index in [4.69, 9.17) is 5.73 Å². The first-order valence-electron chi connectivity index (χ1n) is 5.08. The molecule has 0 radical (unpaired) electrons. The normalized spacial score (nSPS) is 10.6. The summed E-state index contributed by atoms with van der Waals surface area (Å²) in [5.74, 6) is 0. The van der Waals surface area contributed by atoms with E-state index in [1.807, 2.05) is 6.07 Å². The molecule has 0 saturated heterocycles. The maximum atomic E-state index is 5.99. The van der Waals surface area contributed by atoms with Crippen molar-refractivity contribution >= 4 is 16.5 Å². The van der Waals surface area contributed by atoms with E-state index in [-0.39, 0.29) is 0 Å². The van der Waals surface area contributed by atoms with Crippen LogP contribution in [0.5, 0.6) is 0 Å². The Labute approximate surface area is 84.5 Å². The van der Waals surface area contributed by atoms with Crippen LogP contribution in [0.1, 0.15) is 18.9 Å². The lowest BCUT2D eigenvalue weighted by atomic mass is 10.0. The van der Waals surface area contributed by atoms with Gasteiger partial charge in [0.25, 0.3) is 0 Å². The standard InChI is InChI=1S/C13H15N/c1-2-5-10-8-11-6-3-4-7-12(11)13(14)9-10/h3-4,6-9H,2,5,14H2,1H3. The molecule has 2 aromatic rings. The van der Waals surface area contributed by atoms with E-state index in [9.17, 15) is 0 Å². The number of nitrogens with two attached hydrogens (primary N) is 1. The van der Waals surface area contributed by atoms with E-state index in [0.717, 1.165) is 23.9 Å². The largest absolute Gasteiger partial charge is 0.398 e. The maximum absolute atomic E-state index is 5.99. The molecule has 0 fully saturated rings. The van der Waals surface area contributed by atoms with Crippen molar-refractivity contribution in [1.82, 2.24) is 0 Å². The van der Waals surface area contributed by atoms with Gasteiger partial charge in [-0.2, -0.15) is 0 Å². The summed E-state index contributed by atoms with van der Waals surface area (Å²) in [7, 11) is 0. The summed E-state index contributed by atoms with van der Waals surface area (Å²) >= 11 is 0. The van der Waals surface area contributed by atoms with Crippen LogP contribution in [0.4, 0.5) is 5.69 Å². The summed E-state index contributed by atoms with van der Waals surface area (Å²) in [5, 5.41) is 2.41. The van der Waals surface area contributed by atoms with E-state index in [2.05, 4.69) is 37.3 Å². The summed E-state index contributed by atoms with van der Waals surface area (Å²) in [5.41, 5.74) is 8.22. The lowest BCUT2D eigenvalue weighted by Gasteiger charge is -2.05. The molecule has 0 aliphatic carbocycles. The molecule has 0 atom stereocenters. The Hall–Kier alpha value is -1.50. The lowest BCUT2D eigenvalue weighted by Crippen LogP contribution is -1.91. The summed E-state index contributed by atoms with van der Waals surface area (Å²) in [4.78, 5) is 0. The Morgan fingerprint density at radius 2 is 1.93 bits per heavy atom. The minimum Gasteiger partial charge on any atom is -0.398 e. The molecule has 2 aromatic carbocycles. The van der Waals surface area contributed by atoms with Crippen molar-refractivity contribution in [3.05, 3.63) is 42.0 Å². The van der Waals surface area contributed by atoms with E-state index in [1.54, 1.807) is 0 Å². The third-order valence-corrected chi connectivity index (χ3v) is 2.49. The number of fused-ring (bicyclic) bond motifs is 1. The van der Waals surface area contributed by atoms with Crippen LogP contribution in [0, 0.1) is 0 Å².